The molecule has 0 bridgehead atoms. The summed E-state index contributed by atoms with van der Waals surface area (Å²) in [7, 11) is 0. The van der Waals surface area contributed by atoms with Gasteiger partial charge in [-0.15, -0.1) is 0 Å². The van der Waals surface area contributed by atoms with E-state index in [0.29, 0.717) is 6.61 Å². The fraction of sp³-hybridized carbons (Fsp3) is 0.417. The smallest absolute Gasteiger partial charge is 0.328 e. The second-order valence-electron chi connectivity index (χ2n) is 3.92. The zero-order valence-electron chi connectivity index (χ0n) is 9.04. The molecule has 1 aromatic carbocycles. The maximum absolute atomic E-state index is 11.3. The average Bonchev–Trinajstić information content (AvgIpc) is 2.58. The summed E-state index contributed by atoms with van der Waals surface area (Å²) in [6, 6.07) is 5.92. The van der Waals surface area contributed by atoms with E-state index >= 15 is 0 Å². The largest absolute Gasteiger partial charge is 0.464 e. The van der Waals surface area contributed by atoms with Crippen molar-refractivity contribution in [3.63, 3.8) is 0 Å². The number of esters is 1. The van der Waals surface area contributed by atoms with E-state index in [0.717, 1.165) is 23.2 Å². The van der Waals surface area contributed by atoms with Gasteiger partial charge in [-0.1, -0.05) is 18.2 Å². The molecule has 1 fully saturated rings. The molecule has 15 heavy (non-hydrogen) atoms. The third kappa shape index (κ3) is 1.96. The lowest BCUT2D eigenvalue weighted by molar-refractivity contribution is -0.138. The van der Waals surface area contributed by atoms with Gasteiger partial charge in [0.15, 0.2) is 0 Å². The summed E-state index contributed by atoms with van der Waals surface area (Å²) in [5, 5.41) is 3.25. The molecule has 1 atom stereocenters. The lowest BCUT2D eigenvalue weighted by atomic mass is 10.1. The minimum atomic E-state index is -0.176. The first-order valence-corrected chi connectivity index (χ1v) is 5.18. The Morgan fingerprint density at radius 1 is 1.33 bits per heavy atom. The Balaban J connectivity index is 2.20. The van der Waals surface area contributed by atoms with Crippen molar-refractivity contribution in [1.82, 2.24) is 0 Å². The summed E-state index contributed by atoms with van der Waals surface area (Å²) in [5.74, 6) is -0.141. The van der Waals surface area contributed by atoms with E-state index in [1.54, 1.807) is 0 Å². The van der Waals surface area contributed by atoms with Gasteiger partial charge in [0.25, 0.3) is 0 Å². The van der Waals surface area contributed by atoms with Gasteiger partial charge in [0, 0.05) is 12.1 Å². The molecular formula is C12H15NO2. The highest BCUT2D eigenvalue weighted by molar-refractivity contribution is 5.81. The Morgan fingerprint density at radius 2 is 2.00 bits per heavy atom. The predicted octanol–water partition coefficient (Wildman–Crippen LogP) is 2.03. The topological polar surface area (TPSA) is 38.3 Å². The number of hydrogen-bond acceptors (Lipinski definition) is 3. The minimum Gasteiger partial charge on any atom is -0.464 e. The highest BCUT2D eigenvalue weighted by Gasteiger charge is 2.26. The minimum absolute atomic E-state index is 0.141. The van der Waals surface area contributed by atoms with Gasteiger partial charge >= 0.3 is 5.97 Å². The number of carbonyl (C=O) groups is 1. The lowest BCUT2D eigenvalue weighted by Gasteiger charge is -2.15. The second-order valence-corrected chi connectivity index (χ2v) is 3.92. The van der Waals surface area contributed by atoms with E-state index in [4.69, 9.17) is 4.74 Å². The van der Waals surface area contributed by atoms with Gasteiger partial charge in [-0.05, 0) is 25.0 Å². The first-order valence-electron chi connectivity index (χ1n) is 5.18. The van der Waals surface area contributed by atoms with Crippen molar-refractivity contribution in [2.45, 2.75) is 26.3 Å². The fourth-order valence-corrected chi connectivity index (χ4v) is 1.84. The molecule has 1 aromatic rings. The number of carbonyl (C=O) groups excluding carboxylic acids is 1. The van der Waals surface area contributed by atoms with Crippen LogP contribution in [0, 0.1) is 13.8 Å². The molecule has 0 spiro atoms. The number of hydrogen-bond donors (Lipinski definition) is 1. The van der Waals surface area contributed by atoms with Gasteiger partial charge in [-0.25, -0.2) is 4.79 Å². The molecule has 0 aromatic heterocycles. The number of cyclic esters (lactones) is 1. The number of benzene rings is 1. The standard InChI is InChI=1S/C12H15NO2/c1-8-4-3-5-9(2)11(8)13-10-6-7-15-12(10)14/h3-5,10,13H,6-7H2,1-2H3/t10-/m1/s1. The molecule has 0 saturated carbocycles. The molecule has 1 N–H and O–H groups in total. The molecule has 0 radical (unpaired) electrons. The normalized spacial score (nSPS) is 20.1. The van der Waals surface area contributed by atoms with E-state index < -0.39 is 0 Å². The maximum Gasteiger partial charge on any atom is 0.328 e. The van der Waals surface area contributed by atoms with Gasteiger partial charge in [-0.3, -0.25) is 0 Å². The van der Waals surface area contributed by atoms with Crippen LogP contribution in [0.5, 0.6) is 0 Å². The van der Waals surface area contributed by atoms with Gasteiger partial charge < -0.3 is 10.1 Å². The van der Waals surface area contributed by atoms with Crippen LogP contribution in [0.4, 0.5) is 5.69 Å². The SMILES string of the molecule is Cc1cccc(C)c1N[C@@H]1CCOC1=O. The highest BCUT2D eigenvalue weighted by Crippen LogP contribution is 2.22. The van der Waals surface area contributed by atoms with Crippen LogP contribution >= 0.6 is 0 Å². The van der Waals surface area contributed by atoms with Crippen molar-refractivity contribution in [2.24, 2.45) is 0 Å². The zero-order chi connectivity index (χ0) is 10.8. The number of para-hydroxylation sites is 1. The van der Waals surface area contributed by atoms with E-state index in [-0.39, 0.29) is 12.0 Å². The molecule has 3 heteroatoms. The van der Waals surface area contributed by atoms with Crippen LogP contribution in [0.25, 0.3) is 0 Å². The average molecular weight is 205 g/mol. The van der Waals surface area contributed by atoms with Crippen LogP contribution < -0.4 is 5.32 Å². The zero-order valence-corrected chi connectivity index (χ0v) is 9.04. The summed E-state index contributed by atoms with van der Waals surface area (Å²) in [5.41, 5.74) is 3.38. The van der Waals surface area contributed by atoms with E-state index in [2.05, 4.69) is 5.32 Å². The van der Waals surface area contributed by atoms with Gasteiger partial charge in [0.1, 0.15) is 6.04 Å². The lowest BCUT2D eigenvalue weighted by Crippen LogP contribution is -2.25. The van der Waals surface area contributed by atoms with Crippen molar-refractivity contribution >= 4 is 11.7 Å². The monoisotopic (exact) mass is 205 g/mol. The van der Waals surface area contributed by atoms with Gasteiger partial charge in [-0.2, -0.15) is 0 Å². The Bertz CT molecular complexity index is 367. The molecule has 2 rings (SSSR count). The Labute approximate surface area is 89.4 Å². The molecule has 1 aliphatic heterocycles. The van der Waals surface area contributed by atoms with Crippen molar-refractivity contribution < 1.29 is 9.53 Å². The number of ether oxygens (including phenoxy) is 1. The number of nitrogens with one attached hydrogen (secondary N) is 1. The van der Waals surface area contributed by atoms with Crippen LogP contribution in [-0.2, 0) is 9.53 Å². The number of aryl methyl sites for hydroxylation is 2. The molecule has 0 amide bonds. The van der Waals surface area contributed by atoms with Crippen molar-refractivity contribution in [1.29, 1.82) is 0 Å². The maximum atomic E-state index is 11.3. The summed E-state index contributed by atoms with van der Waals surface area (Å²) in [6.45, 7) is 4.60. The second kappa shape index (κ2) is 3.93. The van der Waals surface area contributed by atoms with Gasteiger partial charge in [0.05, 0.1) is 6.61 Å². The van der Waals surface area contributed by atoms with Gasteiger partial charge in [0.2, 0.25) is 0 Å². The number of anilines is 1. The molecule has 80 valence electrons. The van der Waals surface area contributed by atoms with Crippen LogP contribution in [0.3, 0.4) is 0 Å². The summed E-state index contributed by atoms with van der Waals surface area (Å²) >= 11 is 0. The first-order chi connectivity index (χ1) is 7.18. The molecule has 0 unspecified atom stereocenters. The van der Waals surface area contributed by atoms with Crippen LogP contribution in [-0.4, -0.2) is 18.6 Å². The summed E-state index contributed by atoms with van der Waals surface area (Å²) in [4.78, 5) is 11.3. The van der Waals surface area contributed by atoms with Crippen molar-refractivity contribution in [2.75, 3.05) is 11.9 Å². The summed E-state index contributed by atoms with van der Waals surface area (Å²) in [6.07, 6.45) is 0.757. The predicted molar refractivity (Wildman–Crippen MR) is 58.9 cm³/mol. The van der Waals surface area contributed by atoms with Crippen LogP contribution in [0.15, 0.2) is 18.2 Å². The molecule has 1 heterocycles. The van der Waals surface area contributed by atoms with E-state index in [1.165, 1.54) is 0 Å². The summed E-state index contributed by atoms with van der Waals surface area (Å²) < 4.78 is 4.92. The Hall–Kier alpha value is -1.51. The van der Waals surface area contributed by atoms with Crippen LogP contribution in [0.1, 0.15) is 17.5 Å². The highest BCUT2D eigenvalue weighted by atomic mass is 16.5. The molecule has 1 saturated heterocycles. The third-order valence-electron chi connectivity index (χ3n) is 2.74. The third-order valence-corrected chi connectivity index (χ3v) is 2.74. The van der Waals surface area contributed by atoms with Crippen molar-refractivity contribution in [3.8, 4) is 0 Å². The van der Waals surface area contributed by atoms with Crippen LogP contribution in [0.2, 0.25) is 0 Å². The Morgan fingerprint density at radius 3 is 2.53 bits per heavy atom. The Kier molecular flexibility index (Phi) is 2.62. The first kappa shape index (κ1) is 10.0. The quantitative estimate of drug-likeness (QED) is 0.751. The molecule has 1 aliphatic rings. The molecule has 0 aliphatic carbocycles. The number of rotatable bonds is 2. The van der Waals surface area contributed by atoms with E-state index in [9.17, 15) is 4.79 Å². The molecule has 3 nitrogen and oxygen atoms in total. The van der Waals surface area contributed by atoms with E-state index in [1.807, 2.05) is 32.0 Å². The van der Waals surface area contributed by atoms with Crippen molar-refractivity contribution in [3.05, 3.63) is 29.3 Å². The fourth-order valence-electron chi connectivity index (χ4n) is 1.84. The molecular weight excluding hydrogens is 190 g/mol.